The zero-order valence-electron chi connectivity index (χ0n) is 8.14. The quantitative estimate of drug-likeness (QED) is 0.426. The van der Waals surface area contributed by atoms with E-state index in [-0.39, 0.29) is 5.91 Å². The van der Waals surface area contributed by atoms with Crippen LogP contribution in [0.4, 0.5) is 0 Å². The van der Waals surface area contributed by atoms with Crippen molar-refractivity contribution in [3.05, 3.63) is 30.1 Å². The van der Waals surface area contributed by atoms with Crippen LogP contribution in [0.15, 0.2) is 29.6 Å². The topological polar surface area (TPSA) is 57.6 Å². The summed E-state index contributed by atoms with van der Waals surface area (Å²) in [6.07, 6.45) is 4.63. The van der Waals surface area contributed by atoms with Crippen LogP contribution < -0.4 is 5.43 Å². The Kier molecular flexibility index (Phi) is 3.60. The van der Waals surface area contributed by atoms with Crippen molar-refractivity contribution in [2.75, 3.05) is 14.1 Å². The van der Waals surface area contributed by atoms with E-state index in [0.717, 1.165) is 0 Å². The van der Waals surface area contributed by atoms with E-state index in [0.29, 0.717) is 5.56 Å². The molecule has 0 atom stereocenters. The van der Waals surface area contributed by atoms with Gasteiger partial charge in [-0.3, -0.25) is 9.78 Å². The lowest BCUT2D eigenvalue weighted by Gasteiger charge is -2.02. The molecule has 0 spiro atoms. The second kappa shape index (κ2) is 4.96. The summed E-state index contributed by atoms with van der Waals surface area (Å²) >= 11 is 0. The molecular formula is C9H12N4O. The van der Waals surface area contributed by atoms with Crippen LogP contribution in [0.5, 0.6) is 0 Å². The maximum atomic E-state index is 11.4. The molecule has 1 amide bonds. The number of amides is 1. The molecule has 0 unspecified atom stereocenters. The summed E-state index contributed by atoms with van der Waals surface area (Å²) in [6, 6.07) is 3.25. The van der Waals surface area contributed by atoms with Crippen molar-refractivity contribution >= 4 is 12.2 Å². The van der Waals surface area contributed by atoms with Crippen molar-refractivity contribution in [2.24, 2.45) is 5.10 Å². The Morgan fingerprint density at radius 3 is 2.71 bits per heavy atom. The number of pyridine rings is 1. The predicted molar refractivity (Wildman–Crippen MR) is 53.9 cm³/mol. The van der Waals surface area contributed by atoms with E-state index < -0.39 is 0 Å². The van der Waals surface area contributed by atoms with Crippen molar-refractivity contribution in [1.82, 2.24) is 15.3 Å². The molecule has 0 fully saturated rings. The van der Waals surface area contributed by atoms with Crippen LogP contribution in [0.2, 0.25) is 0 Å². The molecule has 1 aromatic rings. The largest absolute Gasteiger partial charge is 0.367 e. The summed E-state index contributed by atoms with van der Waals surface area (Å²) in [6.45, 7) is 0. The van der Waals surface area contributed by atoms with Crippen molar-refractivity contribution < 1.29 is 4.79 Å². The molecule has 14 heavy (non-hydrogen) atoms. The second-order valence-electron chi connectivity index (χ2n) is 2.88. The number of hydrazone groups is 1. The fourth-order valence-corrected chi connectivity index (χ4v) is 0.771. The molecule has 1 aromatic heterocycles. The Balaban J connectivity index is 2.52. The van der Waals surface area contributed by atoms with Gasteiger partial charge in [0.1, 0.15) is 6.34 Å². The molecule has 5 nitrogen and oxygen atoms in total. The summed E-state index contributed by atoms with van der Waals surface area (Å²) in [5.74, 6) is -0.245. The van der Waals surface area contributed by atoms with Crippen molar-refractivity contribution in [1.29, 1.82) is 0 Å². The normalized spacial score (nSPS) is 10.1. The number of rotatable bonds is 3. The number of hydrogen-bond donors (Lipinski definition) is 1. The lowest BCUT2D eigenvalue weighted by atomic mass is 10.3. The van der Waals surface area contributed by atoms with Crippen LogP contribution in [0, 0.1) is 0 Å². The molecule has 5 heteroatoms. The van der Waals surface area contributed by atoms with Gasteiger partial charge in [-0.1, -0.05) is 0 Å². The molecule has 0 aromatic carbocycles. The van der Waals surface area contributed by atoms with E-state index in [1.807, 2.05) is 14.1 Å². The van der Waals surface area contributed by atoms with Gasteiger partial charge in [-0.25, -0.2) is 5.43 Å². The van der Waals surface area contributed by atoms with Crippen LogP contribution in [-0.2, 0) is 0 Å². The molecule has 0 saturated carbocycles. The number of carbonyl (C=O) groups excluding carboxylic acids is 1. The maximum Gasteiger partial charge on any atom is 0.271 e. The van der Waals surface area contributed by atoms with Crippen LogP contribution in [0.1, 0.15) is 10.4 Å². The number of nitrogens with zero attached hydrogens (tertiary/aromatic N) is 3. The van der Waals surface area contributed by atoms with Gasteiger partial charge in [0, 0.05) is 32.1 Å². The highest BCUT2D eigenvalue weighted by Gasteiger charge is 2.01. The maximum absolute atomic E-state index is 11.4. The molecule has 0 bridgehead atoms. The van der Waals surface area contributed by atoms with E-state index in [1.165, 1.54) is 6.34 Å². The summed E-state index contributed by atoms with van der Waals surface area (Å²) in [5.41, 5.74) is 2.93. The summed E-state index contributed by atoms with van der Waals surface area (Å²) in [4.78, 5) is 16.9. The third kappa shape index (κ3) is 3.22. The monoisotopic (exact) mass is 192 g/mol. The van der Waals surface area contributed by atoms with Gasteiger partial charge in [-0.2, -0.15) is 5.10 Å². The van der Waals surface area contributed by atoms with Crippen LogP contribution >= 0.6 is 0 Å². The average Bonchev–Trinajstić information content (AvgIpc) is 2.18. The number of aromatic nitrogens is 1. The van der Waals surface area contributed by atoms with Gasteiger partial charge < -0.3 is 4.90 Å². The molecule has 0 saturated heterocycles. The van der Waals surface area contributed by atoms with E-state index in [9.17, 15) is 4.79 Å². The van der Waals surface area contributed by atoms with Gasteiger partial charge in [-0.15, -0.1) is 0 Å². The van der Waals surface area contributed by atoms with Gasteiger partial charge in [0.15, 0.2) is 0 Å². The molecule has 0 aliphatic rings. The minimum absolute atomic E-state index is 0.245. The lowest BCUT2D eigenvalue weighted by Crippen LogP contribution is -2.20. The van der Waals surface area contributed by atoms with E-state index in [4.69, 9.17) is 0 Å². The average molecular weight is 192 g/mol. The molecule has 0 radical (unpaired) electrons. The first-order valence-electron chi connectivity index (χ1n) is 4.10. The highest BCUT2D eigenvalue weighted by atomic mass is 16.2. The van der Waals surface area contributed by atoms with Crippen molar-refractivity contribution in [2.45, 2.75) is 0 Å². The van der Waals surface area contributed by atoms with Gasteiger partial charge in [-0.05, 0) is 12.1 Å². The minimum Gasteiger partial charge on any atom is -0.367 e. The fraction of sp³-hybridized carbons (Fsp3) is 0.222. The van der Waals surface area contributed by atoms with Gasteiger partial charge in [0.05, 0.1) is 0 Å². The minimum atomic E-state index is -0.245. The first-order chi connectivity index (χ1) is 6.70. The Bertz CT molecular complexity index is 321. The van der Waals surface area contributed by atoms with Gasteiger partial charge in [0.2, 0.25) is 0 Å². The zero-order chi connectivity index (χ0) is 10.4. The van der Waals surface area contributed by atoms with Crippen molar-refractivity contribution in [3.63, 3.8) is 0 Å². The number of carbonyl (C=O) groups is 1. The third-order valence-corrected chi connectivity index (χ3v) is 1.40. The fourth-order valence-electron chi connectivity index (χ4n) is 0.771. The second-order valence-corrected chi connectivity index (χ2v) is 2.88. The standard InChI is InChI=1S/C9H12N4O/c1-13(2)7-11-12-9(14)8-3-5-10-6-4-8/h3-7H,1-2H3,(H,12,14)/b11-7-. The molecule has 0 aliphatic heterocycles. The molecular weight excluding hydrogens is 180 g/mol. The Labute approximate surface area is 82.4 Å². The number of nitrogens with one attached hydrogen (secondary N) is 1. The summed E-state index contributed by atoms with van der Waals surface area (Å²) in [7, 11) is 3.64. The van der Waals surface area contributed by atoms with Gasteiger partial charge in [0.25, 0.3) is 5.91 Å². The Morgan fingerprint density at radius 1 is 1.50 bits per heavy atom. The summed E-state index contributed by atoms with van der Waals surface area (Å²) < 4.78 is 0. The van der Waals surface area contributed by atoms with Gasteiger partial charge >= 0.3 is 0 Å². The Morgan fingerprint density at radius 2 is 2.14 bits per heavy atom. The first-order valence-corrected chi connectivity index (χ1v) is 4.10. The highest BCUT2D eigenvalue weighted by molar-refractivity contribution is 5.94. The molecule has 1 N–H and O–H groups in total. The van der Waals surface area contributed by atoms with E-state index in [1.54, 1.807) is 29.4 Å². The highest BCUT2D eigenvalue weighted by Crippen LogP contribution is 1.94. The van der Waals surface area contributed by atoms with Crippen LogP contribution in [0.25, 0.3) is 0 Å². The lowest BCUT2D eigenvalue weighted by molar-refractivity contribution is 0.0954. The Hall–Kier alpha value is -1.91. The SMILES string of the molecule is CN(C)/C=N\NC(=O)c1ccncc1. The summed E-state index contributed by atoms with van der Waals surface area (Å²) in [5, 5.41) is 3.73. The zero-order valence-corrected chi connectivity index (χ0v) is 8.14. The number of hydrogen-bond acceptors (Lipinski definition) is 3. The smallest absolute Gasteiger partial charge is 0.271 e. The first kappa shape index (κ1) is 10.2. The predicted octanol–water partition coefficient (Wildman–Crippen LogP) is 0.316. The van der Waals surface area contributed by atoms with E-state index >= 15 is 0 Å². The molecule has 0 aliphatic carbocycles. The third-order valence-electron chi connectivity index (χ3n) is 1.40. The van der Waals surface area contributed by atoms with Crippen LogP contribution in [0.3, 0.4) is 0 Å². The molecule has 1 rings (SSSR count). The molecule has 1 heterocycles. The van der Waals surface area contributed by atoms with E-state index in [2.05, 4.69) is 15.5 Å². The van der Waals surface area contributed by atoms with Crippen LogP contribution in [-0.4, -0.2) is 36.2 Å². The van der Waals surface area contributed by atoms with Crippen molar-refractivity contribution in [3.8, 4) is 0 Å². The molecule has 74 valence electrons.